The average Bonchev–Trinajstić information content (AvgIpc) is 0.914. The van der Waals surface area contributed by atoms with Gasteiger partial charge in [-0.25, -0.2) is 0 Å². The molecule has 0 fully saturated rings. The molecule has 0 heterocycles. The number of rotatable bonds is 4. The smallest absolute Gasteiger partial charge is 0.521 e. The predicted octanol–water partition coefficient (Wildman–Crippen LogP) is 31.4. The Balaban J connectivity index is -0.000000256. The van der Waals surface area contributed by atoms with Crippen LogP contribution in [0.5, 0.6) is 5.75 Å². The summed E-state index contributed by atoms with van der Waals surface area (Å²) in [6, 6.07) is 137. The van der Waals surface area contributed by atoms with Crippen molar-refractivity contribution in [3.05, 3.63) is 701 Å². The van der Waals surface area contributed by atoms with Gasteiger partial charge < -0.3 is 12.0 Å². The minimum absolute atomic E-state index is 0. The van der Waals surface area contributed by atoms with Crippen molar-refractivity contribution in [3.63, 3.8) is 0 Å². The Morgan fingerprint density at radius 2 is 0.328 bits per heavy atom. The molecule has 0 unspecified atom stereocenters. The van der Waals surface area contributed by atoms with Crippen LogP contribution in [0.3, 0.4) is 0 Å². The molecule has 0 spiro atoms. The van der Waals surface area contributed by atoms with Gasteiger partial charge in [0, 0.05) is 21.7 Å². The molecule has 1 N–H and O–H groups in total. The number of phenolic OH excluding ortho intramolecular Hbond substituents is 1. The van der Waals surface area contributed by atoms with Crippen LogP contribution in [0.4, 0.5) is 22.7 Å². The molecular weight excluding hydrogens is 1860 g/mol. The monoisotopic (exact) mass is 1970 g/mol. The van der Waals surface area contributed by atoms with Crippen LogP contribution in [-0.4, -0.2) is 24.8 Å². The van der Waals surface area contributed by atoms with E-state index in [4.69, 9.17) is 16.7 Å². The quantitative estimate of drug-likeness (QED) is 0.0772. The molecule has 19 heteroatoms. The number of nitrogens with zero attached hydrogens (tertiary/aromatic N) is 4. The Morgan fingerprint density at radius 1 is 0.201 bits per heavy atom. The molecule has 16 rings (SSSR count). The summed E-state index contributed by atoms with van der Waals surface area (Å²) >= 11 is 5.65. The average molecular weight is 1970 g/mol. The number of non-ortho nitro benzene ring substituents is 4. The van der Waals surface area contributed by atoms with Gasteiger partial charge in [-0.1, -0.05) is 79.2 Å². The number of phenols is 1. The zero-order chi connectivity index (χ0) is 95.3. The van der Waals surface area contributed by atoms with E-state index in [1.807, 2.05) is 334 Å². The fourth-order valence-corrected chi connectivity index (χ4v) is 8.44. The van der Waals surface area contributed by atoms with Crippen molar-refractivity contribution < 1.29 is 133 Å². The Labute approximate surface area is 880 Å². The van der Waals surface area contributed by atoms with Crippen molar-refractivity contribution in [1.29, 1.82) is 0 Å². The predicted molar refractivity (Wildman–Crippen MR) is 545 cm³/mol. The van der Waals surface area contributed by atoms with Gasteiger partial charge in [0.05, 0.1) is 25.4 Å². The van der Waals surface area contributed by atoms with E-state index in [2.05, 4.69) is 118 Å². The summed E-state index contributed by atoms with van der Waals surface area (Å²) in [5.41, 5.74) is 16.0. The van der Waals surface area contributed by atoms with E-state index in [0.717, 1.165) is 94.0 Å². The van der Waals surface area contributed by atoms with Crippen LogP contribution in [0.15, 0.2) is 449 Å². The third-order valence-corrected chi connectivity index (χ3v) is 15.3. The van der Waals surface area contributed by atoms with E-state index < -0.39 is 19.7 Å². The molecule has 134 heavy (non-hydrogen) atoms. The van der Waals surface area contributed by atoms with Gasteiger partial charge in [0.1, 0.15) is 0 Å². The van der Waals surface area contributed by atoms with Gasteiger partial charge in [0.15, 0.2) is 0 Å². The van der Waals surface area contributed by atoms with Crippen LogP contribution in [0.25, 0.3) is 0 Å². The first-order valence-corrected chi connectivity index (χ1v) is 39.6. The molecule has 0 aliphatic carbocycles. The summed E-state index contributed by atoms with van der Waals surface area (Å²) in [6.45, 7) is 63.9. The van der Waals surface area contributed by atoms with Crippen molar-refractivity contribution in [2.24, 2.45) is 0 Å². The Bertz CT molecular complexity index is 4520. The third kappa shape index (κ3) is 79.6. The van der Waals surface area contributed by atoms with E-state index in [9.17, 15) is 40.5 Å². The first kappa shape index (κ1) is 134. The van der Waals surface area contributed by atoms with E-state index >= 15 is 0 Å². The summed E-state index contributed by atoms with van der Waals surface area (Å²) in [6.07, 6.45) is 0. The van der Waals surface area contributed by atoms with Gasteiger partial charge in [0.25, 0.3) is 0 Å². The number of hydrogen-bond donors (Lipinski definition) is 1. The molecule has 16 aromatic rings. The normalized spacial score (nSPS) is 8.35. The Kier molecular flexibility index (Phi) is 87.5. The molecule has 0 saturated heterocycles. The van der Waals surface area contributed by atoms with Crippen LogP contribution in [0.1, 0.15) is 103 Å². The number of aromatic hydroxyl groups is 1. The summed E-state index contributed by atoms with van der Waals surface area (Å²) in [4.78, 5) is 38.7. The van der Waals surface area contributed by atoms with E-state index in [1.54, 1.807) is 73.7 Å². The zero-order valence-corrected chi connectivity index (χ0v) is 83.7. The minimum Gasteiger partial charge on any atom is -0.521 e. The molecule has 16 aromatic carbocycles. The summed E-state index contributed by atoms with van der Waals surface area (Å²) < 4.78 is 0. The van der Waals surface area contributed by atoms with E-state index in [1.165, 1.54) is 48.5 Å². The van der Waals surface area contributed by atoms with Gasteiger partial charge in [0.2, 0.25) is 22.7 Å². The van der Waals surface area contributed by atoms with Gasteiger partial charge in [-0.2, -0.15) is 400 Å². The van der Waals surface area contributed by atoms with Gasteiger partial charge in [-0.15, -0.1) is 146 Å². The maximum Gasteiger partial charge on any atom is 4.00 e. The molecule has 0 radical (unpaired) electrons. The maximum atomic E-state index is 10.1. The molecule has 0 saturated carbocycles. The van der Waals surface area contributed by atoms with Crippen molar-refractivity contribution in [2.75, 3.05) is 0 Å². The van der Waals surface area contributed by atoms with Crippen LogP contribution in [-0.2, 0) is 109 Å². The van der Waals surface area contributed by atoms with Crippen LogP contribution >= 0.6 is 11.6 Å². The fourth-order valence-electron chi connectivity index (χ4n) is 8.31. The summed E-state index contributed by atoms with van der Waals surface area (Å²) in [5.74, 6) is 0.275. The largest absolute Gasteiger partial charge is 4.00 e. The molecular formula is C115H116ClN4O9Ti5-. The zero-order valence-electron chi connectivity index (χ0n) is 75.1. The maximum absolute atomic E-state index is 10.1. The molecule has 0 bridgehead atoms. The molecule has 13 nitrogen and oxygen atoms in total. The number of halogens is 1. The molecule has 0 aromatic heterocycles. The number of hydrogen-bond acceptors (Lipinski definition) is 9. The van der Waals surface area contributed by atoms with E-state index in [-0.39, 0.29) is 145 Å². The minimum atomic E-state index is -0.431. The molecule has 0 amide bonds. The first-order valence-electron chi connectivity index (χ1n) is 39.2. The second-order valence-corrected chi connectivity index (χ2v) is 26.2. The standard InChI is InChI=1S/C7H6Cl.4C7H6NO2.C7H7O.10C7H7.C2H5.CH4.5Ti/c1-6-4-2-3-5-7(6)8;4*1-6-2-4-7(5-3-6)8(9)10;1-6-3-2-4-7(8)5-6;10*1-7-5-3-2-4-6-7;1-2;;;;;;/h2-5H,1H2;4*2-5H,1H2;2-5,8H,1H2;10*2-6H,1H2;1H2,2H3;1H4;;;;;/q17*-1;;;4*+4. The van der Waals surface area contributed by atoms with Gasteiger partial charge in [-0.05, 0) is 54.6 Å². The van der Waals surface area contributed by atoms with Crippen molar-refractivity contribution in [3.8, 4) is 5.75 Å². The Morgan fingerprint density at radius 3 is 0.418 bits per heavy atom. The van der Waals surface area contributed by atoms with Crippen LogP contribution in [0.2, 0.25) is 5.02 Å². The third-order valence-electron chi connectivity index (χ3n) is 14.9. The molecule has 0 aliphatic rings. The topological polar surface area (TPSA) is 193 Å². The number of benzene rings is 16. The fraction of sp³-hybridized carbons (Fsp3) is 0.0174. The molecule has 0 aliphatic heterocycles. The first-order chi connectivity index (χ1) is 61.3. The molecule has 0 atom stereocenters. The SMILES string of the molecule is C.[CH2-]C.[CH2-]c1ccc([N+](=O)[O-])cc1.[CH2-]c1ccc([N+](=O)[O-])cc1.[CH2-]c1ccc([N+](=O)[O-])cc1.[CH2-]c1ccc([N+](=O)[O-])cc1.[CH2-]c1cccc(O)c1.[CH2-]c1ccccc1.[CH2-]c1ccccc1.[CH2-]c1ccccc1.[CH2-]c1ccccc1.[CH2-]c1ccccc1.[CH2-]c1ccccc1.[CH2-]c1ccccc1.[CH2-]c1ccccc1.[CH2-]c1ccccc1.[CH2-]c1ccccc1.[CH2-]c1ccccc1Cl.[Ti+4].[Ti+4].[Ti+4].[Ti+4].[Ti]. The Hall–Kier alpha value is -13.3. The second-order valence-electron chi connectivity index (χ2n) is 25.8. The van der Waals surface area contributed by atoms with Crippen molar-refractivity contribution >= 4 is 34.4 Å². The number of nitro groups is 4. The van der Waals surface area contributed by atoms with Crippen molar-refractivity contribution in [2.45, 2.75) is 14.4 Å². The molecule has 678 valence electrons. The summed E-state index contributed by atoms with van der Waals surface area (Å²) in [5, 5.41) is 49.9. The van der Waals surface area contributed by atoms with Crippen LogP contribution < -0.4 is 0 Å². The van der Waals surface area contributed by atoms with Gasteiger partial charge in [-0.3, -0.25) is 40.5 Å². The number of nitro benzene ring substituents is 4. The van der Waals surface area contributed by atoms with E-state index in [0.29, 0.717) is 0 Å². The van der Waals surface area contributed by atoms with Crippen LogP contribution in [0, 0.1) is 158 Å². The second kappa shape index (κ2) is 87.7. The summed E-state index contributed by atoms with van der Waals surface area (Å²) in [7, 11) is 0. The van der Waals surface area contributed by atoms with Crippen molar-refractivity contribution in [1.82, 2.24) is 0 Å². The van der Waals surface area contributed by atoms with Gasteiger partial charge >= 0.3 is 86.9 Å².